The van der Waals surface area contributed by atoms with Gasteiger partial charge in [-0.15, -0.1) is 5.10 Å². The first-order valence-electron chi connectivity index (χ1n) is 9.17. The van der Waals surface area contributed by atoms with Gasteiger partial charge >= 0.3 is 0 Å². The Morgan fingerprint density at radius 2 is 1.84 bits per heavy atom. The first-order chi connectivity index (χ1) is 12.0. The Labute approximate surface area is 149 Å². The summed E-state index contributed by atoms with van der Waals surface area (Å²) in [6, 6.07) is 0. The van der Waals surface area contributed by atoms with Crippen LogP contribution in [0.1, 0.15) is 48.9 Å². The molecule has 1 fully saturated rings. The zero-order chi connectivity index (χ0) is 18.0. The number of ether oxygens (including phenoxy) is 1. The van der Waals surface area contributed by atoms with Crippen LogP contribution in [0.5, 0.6) is 5.88 Å². The third-order valence-corrected chi connectivity index (χ3v) is 5.26. The number of likely N-dealkylation sites (tertiary alicyclic amines) is 1. The average Bonchev–Trinajstić information content (AvgIpc) is 2.78. The number of aryl methyl sites for hydroxylation is 3. The molecule has 3 heterocycles. The molecule has 1 amide bonds. The van der Waals surface area contributed by atoms with Crippen molar-refractivity contribution >= 4 is 16.9 Å². The number of carbonyl (C=O) groups excluding carboxylic acids is 1. The van der Waals surface area contributed by atoms with Crippen LogP contribution >= 0.6 is 0 Å². The van der Waals surface area contributed by atoms with Gasteiger partial charge in [-0.25, -0.2) is 9.67 Å². The standard InChI is InChI=1S/C19H28N4O2/c1-13-15(9-10-16(24)23-11-7-5-6-8-12-23)14(2)20-18-17(13)19(25-4)21-22(18)3/h5-12H2,1-4H3. The van der Waals surface area contributed by atoms with E-state index >= 15 is 0 Å². The fourth-order valence-corrected chi connectivity index (χ4v) is 3.82. The topological polar surface area (TPSA) is 60.2 Å². The van der Waals surface area contributed by atoms with E-state index in [9.17, 15) is 4.79 Å². The van der Waals surface area contributed by atoms with Crippen LogP contribution in [0.15, 0.2) is 0 Å². The van der Waals surface area contributed by atoms with E-state index in [1.54, 1.807) is 11.8 Å². The lowest BCUT2D eigenvalue weighted by Gasteiger charge is -2.20. The lowest BCUT2D eigenvalue weighted by atomic mass is 10.00. The SMILES string of the molecule is COc1nn(C)c2nc(C)c(CCC(=O)N3CCCCCC3)c(C)c12. The zero-order valence-corrected chi connectivity index (χ0v) is 15.8. The van der Waals surface area contributed by atoms with Gasteiger partial charge in [0.25, 0.3) is 0 Å². The molecule has 0 atom stereocenters. The molecule has 6 heteroatoms. The van der Waals surface area contributed by atoms with Crippen LogP contribution < -0.4 is 4.74 Å². The van der Waals surface area contributed by atoms with Crippen LogP contribution in [0, 0.1) is 13.8 Å². The molecule has 0 saturated carbocycles. The summed E-state index contributed by atoms with van der Waals surface area (Å²) < 4.78 is 7.16. The minimum atomic E-state index is 0.263. The number of nitrogens with zero attached hydrogens (tertiary/aromatic N) is 4. The molecule has 2 aromatic heterocycles. The van der Waals surface area contributed by atoms with E-state index in [0.29, 0.717) is 18.7 Å². The zero-order valence-electron chi connectivity index (χ0n) is 15.8. The fraction of sp³-hybridized carbons (Fsp3) is 0.632. The van der Waals surface area contributed by atoms with E-state index in [2.05, 4.69) is 12.0 Å². The van der Waals surface area contributed by atoms with Crippen LogP contribution in [-0.2, 0) is 18.3 Å². The van der Waals surface area contributed by atoms with E-state index in [0.717, 1.165) is 53.8 Å². The molecule has 0 unspecified atom stereocenters. The van der Waals surface area contributed by atoms with E-state index < -0.39 is 0 Å². The first kappa shape index (κ1) is 17.7. The number of hydrogen-bond donors (Lipinski definition) is 0. The summed E-state index contributed by atoms with van der Waals surface area (Å²) in [5.41, 5.74) is 4.06. The van der Waals surface area contributed by atoms with Crippen LogP contribution in [0.3, 0.4) is 0 Å². The van der Waals surface area contributed by atoms with Crippen molar-refractivity contribution in [3.8, 4) is 5.88 Å². The van der Waals surface area contributed by atoms with E-state index in [4.69, 9.17) is 9.72 Å². The monoisotopic (exact) mass is 344 g/mol. The van der Waals surface area contributed by atoms with Crippen LogP contribution in [0.2, 0.25) is 0 Å². The summed E-state index contributed by atoms with van der Waals surface area (Å²) in [5, 5.41) is 5.34. The molecule has 1 saturated heterocycles. The van der Waals surface area contributed by atoms with E-state index in [1.807, 2.05) is 18.9 Å². The Morgan fingerprint density at radius 3 is 2.48 bits per heavy atom. The van der Waals surface area contributed by atoms with Gasteiger partial charge in [-0.2, -0.15) is 0 Å². The quantitative estimate of drug-likeness (QED) is 0.856. The fourth-order valence-electron chi connectivity index (χ4n) is 3.82. The van der Waals surface area contributed by atoms with Gasteiger partial charge in [-0.05, 0) is 44.2 Å². The van der Waals surface area contributed by atoms with Gasteiger partial charge in [0.05, 0.1) is 12.5 Å². The molecule has 0 bridgehead atoms. The number of amides is 1. The molecule has 0 aromatic carbocycles. The Hall–Kier alpha value is -2.11. The van der Waals surface area contributed by atoms with Crippen LogP contribution in [-0.4, -0.2) is 45.8 Å². The molecule has 3 rings (SSSR count). The number of aromatic nitrogens is 3. The Bertz CT molecular complexity index is 774. The summed E-state index contributed by atoms with van der Waals surface area (Å²) in [5.74, 6) is 0.863. The lowest BCUT2D eigenvalue weighted by Crippen LogP contribution is -2.32. The van der Waals surface area contributed by atoms with Gasteiger partial charge in [0.2, 0.25) is 11.8 Å². The second kappa shape index (κ2) is 7.42. The summed E-state index contributed by atoms with van der Waals surface area (Å²) in [7, 11) is 3.50. The van der Waals surface area contributed by atoms with Crippen molar-refractivity contribution in [1.29, 1.82) is 0 Å². The Kier molecular flexibility index (Phi) is 5.25. The molecular weight excluding hydrogens is 316 g/mol. The number of fused-ring (bicyclic) bond motifs is 1. The van der Waals surface area contributed by atoms with Crippen molar-refractivity contribution < 1.29 is 9.53 Å². The highest BCUT2D eigenvalue weighted by Crippen LogP contribution is 2.30. The van der Waals surface area contributed by atoms with E-state index in [-0.39, 0.29) is 5.91 Å². The summed E-state index contributed by atoms with van der Waals surface area (Å²) >= 11 is 0. The van der Waals surface area contributed by atoms with Crippen molar-refractivity contribution in [2.45, 2.75) is 52.4 Å². The third-order valence-electron chi connectivity index (χ3n) is 5.26. The molecule has 0 spiro atoms. The van der Waals surface area contributed by atoms with Gasteiger partial charge in [0, 0.05) is 32.3 Å². The summed E-state index contributed by atoms with van der Waals surface area (Å²) in [6.07, 6.45) is 5.99. The molecular formula is C19H28N4O2. The van der Waals surface area contributed by atoms with Gasteiger partial charge in [0.1, 0.15) is 0 Å². The second-order valence-electron chi connectivity index (χ2n) is 6.93. The second-order valence-corrected chi connectivity index (χ2v) is 6.93. The maximum Gasteiger partial charge on any atom is 0.242 e. The largest absolute Gasteiger partial charge is 0.479 e. The Morgan fingerprint density at radius 1 is 1.16 bits per heavy atom. The number of pyridine rings is 1. The lowest BCUT2D eigenvalue weighted by molar-refractivity contribution is -0.131. The Balaban J connectivity index is 1.82. The highest BCUT2D eigenvalue weighted by Gasteiger charge is 2.20. The smallest absolute Gasteiger partial charge is 0.242 e. The minimum Gasteiger partial charge on any atom is -0.479 e. The number of methoxy groups -OCH3 is 1. The molecule has 0 aliphatic carbocycles. The van der Waals surface area contributed by atoms with Crippen molar-refractivity contribution in [2.24, 2.45) is 7.05 Å². The molecule has 2 aromatic rings. The molecule has 0 radical (unpaired) electrons. The maximum atomic E-state index is 12.6. The van der Waals surface area contributed by atoms with Gasteiger partial charge in [0.15, 0.2) is 5.65 Å². The normalized spacial score (nSPS) is 15.4. The van der Waals surface area contributed by atoms with Crippen molar-refractivity contribution in [1.82, 2.24) is 19.7 Å². The third kappa shape index (κ3) is 3.48. The molecule has 1 aliphatic heterocycles. The average molecular weight is 344 g/mol. The maximum absolute atomic E-state index is 12.6. The molecule has 1 aliphatic rings. The predicted octanol–water partition coefficient (Wildman–Crippen LogP) is 2.93. The molecule has 25 heavy (non-hydrogen) atoms. The number of hydrogen-bond acceptors (Lipinski definition) is 4. The van der Waals surface area contributed by atoms with Gasteiger partial charge in [-0.3, -0.25) is 4.79 Å². The molecule has 136 valence electrons. The number of carbonyl (C=O) groups is 1. The van der Waals surface area contributed by atoms with Crippen molar-refractivity contribution in [2.75, 3.05) is 20.2 Å². The van der Waals surface area contributed by atoms with E-state index in [1.165, 1.54) is 12.8 Å². The number of rotatable bonds is 4. The van der Waals surface area contributed by atoms with Crippen LogP contribution in [0.25, 0.3) is 11.0 Å². The predicted molar refractivity (Wildman–Crippen MR) is 97.9 cm³/mol. The molecule has 0 N–H and O–H groups in total. The van der Waals surface area contributed by atoms with Crippen molar-refractivity contribution in [3.63, 3.8) is 0 Å². The van der Waals surface area contributed by atoms with Gasteiger partial charge < -0.3 is 9.64 Å². The molecule has 6 nitrogen and oxygen atoms in total. The van der Waals surface area contributed by atoms with Crippen LogP contribution in [0.4, 0.5) is 0 Å². The van der Waals surface area contributed by atoms with Crippen molar-refractivity contribution in [3.05, 3.63) is 16.8 Å². The summed E-state index contributed by atoms with van der Waals surface area (Å²) in [6.45, 7) is 5.90. The minimum absolute atomic E-state index is 0.263. The van der Waals surface area contributed by atoms with Gasteiger partial charge in [-0.1, -0.05) is 12.8 Å². The highest BCUT2D eigenvalue weighted by molar-refractivity contribution is 5.86. The first-order valence-corrected chi connectivity index (χ1v) is 9.17. The highest BCUT2D eigenvalue weighted by atomic mass is 16.5. The summed E-state index contributed by atoms with van der Waals surface area (Å²) in [4.78, 5) is 19.3.